The minimum absolute atomic E-state index is 0.562. The Morgan fingerprint density at radius 2 is 2.18 bits per heavy atom. The number of methoxy groups -OCH3 is 1. The van der Waals surface area contributed by atoms with Gasteiger partial charge >= 0.3 is 0 Å². The summed E-state index contributed by atoms with van der Waals surface area (Å²) in [4.78, 5) is 4.28. The number of halogens is 1. The monoisotopic (exact) mass is 251 g/mol. The van der Waals surface area contributed by atoms with Gasteiger partial charge < -0.3 is 15.8 Å². The molecule has 0 saturated carbocycles. The minimum atomic E-state index is 0.562. The van der Waals surface area contributed by atoms with Crippen molar-refractivity contribution in [1.29, 1.82) is 0 Å². The third-order valence-corrected chi connectivity index (χ3v) is 2.86. The Balaban J connectivity index is 2.40. The van der Waals surface area contributed by atoms with Crippen LogP contribution >= 0.6 is 11.6 Å². The van der Waals surface area contributed by atoms with E-state index in [1.54, 1.807) is 19.4 Å². The lowest BCUT2D eigenvalue weighted by Gasteiger charge is -2.10. The fraction of sp³-hybridized carbons (Fsp3) is 0.250. The first-order valence-corrected chi connectivity index (χ1v) is 5.67. The molecule has 1 heterocycles. The maximum absolute atomic E-state index is 5.98. The molecule has 0 radical (unpaired) electrons. The van der Waals surface area contributed by atoms with E-state index in [1.165, 1.54) is 0 Å². The molecule has 4 nitrogen and oxygen atoms in total. The molecule has 5 heteroatoms. The van der Waals surface area contributed by atoms with Gasteiger partial charge in [0.15, 0.2) is 0 Å². The second-order valence-corrected chi connectivity index (χ2v) is 4.04. The van der Waals surface area contributed by atoms with Crippen molar-refractivity contribution in [2.45, 2.75) is 0 Å². The van der Waals surface area contributed by atoms with Crippen LogP contribution in [-0.2, 0) is 4.74 Å². The van der Waals surface area contributed by atoms with Crippen molar-refractivity contribution < 1.29 is 4.74 Å². The van der Waals surface area contributed by atoms with Crippen LogP contribution in [0.4, 0.5) is 11.5 Å². The maximum Gasteiger partial charge on any atom is 0.133 e. The number of hydrogen-bond acceptors (Lipinski definition) is 4. The lowest BCUT2D eigenvalue weighted by molar-refractivity contribution is 0.210. The molecule has 0 aliphatic carbocycles. The number of fused-ring (bicyclic) bond motifs is 1. The Bertz CT molecular complexity index is 530. The summed E-state index contributed by atoms with van der Waals surface area (Å²) in [7, 11) is 1.66. The summed E-state index contributed by atoms with van der Waals surface area (Å²) in [5.74, 6) is 0.794. The Hall–Kier alpha value is -1.52. The molecular weight excluding hydrogens is 238 g/mol. The molecule has 0 aliphatic heterocycles. The molecule has 0 spiro atoms. The average molecular weight is 252 g/mol. The van der Waals surface area contributed by atoms with Gasteiger partial charge in [-0.2, -0.15) is 0 Å². The molecule has 0 saturated heterocycles. The number of anilines is 2. The van der Waals surface area contributed by atoms with Gasteiger partial charge in [-0.15, -0.1) is 0 Å². The van der Waals surface area contributed by atoms with Crippen LogP contribution in [0.25, 0.3) is 10.8 Å². The number of nitrogens with two attached hydrogens (primary N) is 1. The molecule has 0 unspecified atom stereocenters. The summed E-state index contributed by atoms with van der Waals surface area (Å²) in [5, 5.41) is 5.64. The van der Waals surface area contributed by atoms with Crippen LogP contribution in [0.2, 0.25) is 5.02 Å². The standard InChI is InChI=1S/C12H14ClN3O/c1-17-7-6-16-12-9-2-3-10(13)11(14)8(9)4-5-15-12/h2-5H,6-7,14H2,1H3,(H,15,16). The summed E-state index contributed by atoms with van der Waals surface area (Å²) >= 11 is 5.98. The van der Waals surface area contributed by atoms with Crippen LogP contribution < -0.4 is 11.1 Å². The van der Waals surface area contributed by atoms with E-state index in [1.807, 2.05) is 12.1 Å². The maximum atomic E-state index is 5.98. The second-order valence-electron chi connectivity index (χ2n) is 3.64. The number of pyridine rings is 1. The number of aromatic nitrogens is 1. The zero-order valence-electron chi connectivity index (χ0n) is 9.53. The van der Waals surface area contributed by atoms with E-state index in [-0.39, 0.29) is 0 Å². The first kappa shape index (κ1) is 12.0. The number of ether oxygens (including phenoxy) is 1. The van der Waals surface area contributed by atoms with Gasteiger partial charge in [0.25, 0.3) is 0 Å². The summed E-state index contributed by atoms with van der Waals surface area (Å²) in [5.41, 5.74) is 6.51. The molecule has 0 atom stereocenters. The molecule has 0 bridgehead atoms. The van der Waals surface area contributed by atoms with Crippen LogP contribution in [0.5, 0.6) is 0 Å². The second kappa shape index (κ2) is 5.21. The van der Waals surface area contributed by atoms with E-state index in [0.717, 1.165) is 16.6 Å². The van der Waals surface area contributed by atoms with Crippen molar-refractivity contribution in [2.24, 2.45) is 0 Å². The number of benzene rings is 1. The molecule has 0 aliphatic rings. The Morgan fingerprint density at radius 1 is 1.35 bits per heavy atom. The first-order chi connectivity index (χ1) is 8.24. The third kappa shape index (κ3) is 2.43. The highest BCUT2D eigenvalue weighted by atomic mass is 35.5. The van der Waals surface area contributed by atoms with Crippen LogP contribution in [-0.4, -0.2) is 25.2 Å². The molecule has 2 aromatic rings. The normalized spacial score (nSPS) is 10.7. The van der Waals surface area contributed by atoms with Crippen molar-refractivity contribution in [1.82, 2.24) is 4.98 Å². The fourth-order valence-electron chi connectivity index (χ4n) is 1.66. The third-order valence-electron chi connectivity index (χ3n) is 2.53. The van der Waals surface area contributed by atoms with Crippen molar-refractivity contribution in [3.63, 3.8) is 0 Å². The van der Waals surface area contributed by atoms with Gasteiger partial charge in [-0.1, -0.05) is 11.6 Å². The van der Waals surface area contributed by atoms with Crippen LogP contribution in [0.15, 0.2) is 24.4 Å². The van der Waals surface area contributed by atoms with Crippen molar-refractivity contribution in [2.75, 3.05) is 31.3 Å². The predicted molar refractivity (Wildman–Crippen MR) is 71.5 cm³/mol. The van der Waals surface area contributed by atoms with Crippen LogP contribution in [0.3, 0.4) is 0 Å². The molecular formula is C12H14ClN3O. The molecule has 1 aromatic carbocycles. The van der Waals surface area contributed by atoms with Crippen molar-refractivity contribution in [3.8, 4) is 0 Å². The van der Waals surface area contributed by atoms with Gasteiger partial charge in [0.2, 0.25) is 0 Å². The quantitative estimate of drug-likeness (QED) is 0.648. The molecule has 1 aromatic heterocycles. The van der Waals surface area contributed by atoms with Gasteiger partial charge in [-0.05, 0) is 18.2 Å². The first-order valence-electron chi connectivity index (χ1n) is 5.29. The highest BCUT2D eigenvalue weighted by Crippen LogP contribution is 2.31. The molecule has 17 heavy (non-hydrogen) atoms. The average Bonchev–Trinajstić information content (AvgIpc) is 2.35. The van der Waals surface area contributed by atoms with E-state index < -0.39 is 0 Å². The summed E-state index contributed by atoms with van der Waals surface area (Å²) in [6.45, 7) is 1.33. The van der Waals surface area contributed by atoms with Crippen LogP contribution in [0, 0.1) is 0 Å². The zero-order chi connectivity index (χ0) is 12.3. The van der Waals surface area contributed by atoms with E-state index in [4.69, 9.17) is 22.1 Å². The lowest BCUT2D eigenvalue weighted by Crippen LogP contribution is -2.09. The van der Waals surface area contributed by atoms with Gasteiger partial charge in [-0.3, -0.25) is 0 Å². The van der Waals surface area contributed by atoms with E-state index in [0.29, 0.717) is 23.9 Å². The molecule has 0 amide bonds. The largest absolute Gasteiger partial charge is 0.397 e. The summed E-state index contributed by atoms with van der Waals surface area (Å²) < 4.78 is 4.98. The fourth-order valence-corrected chi connectivity index (χ4v) is 1.83. The van der Waals surface area contributed by atoms with E-state index in [2.05, 4.69) is 10.3 Å². The predicted octanol–water partition coefficient (Wildman–Crippen LogP) is 2.53. The SMILES string of the molecule is COCCNc1nccc2c(N)c(Cl)ccc12. The number of nitrogens with one attached hydrogen (secondary N) is 1. The van der Waals surface area contributed by atoms with Gasteiger partial charge in [0.05, 0.1) is 17.3 Å². The van der Waals surface area contributed by atoms with Crippen LogP contribution in [0.1, 0.15) is 0 Å². The van der Waals surface area contributed by atoms with Crippen molar-refractivity contribution >= 4 is 33.9 Å². The highest BCUT2D eigenvalue weighted by molar-refractivity contribution is 6.34. The number of nitrogens with zero attached hydrogens (tertiary/aromatic N) is 1. The van der Waals surface area contributed by atoms with E-state index >= 15 is 0 Å². The molecule has 0 fully saturated rings. The Labute approximate surface area is 105 Å². The zero-order valence-corrected chi connectivity index (χ0v) is 10.3. The topological polar surface area (TPSA) is 60.2 Å². The highest BCUT2D eigenvalue weighted by Gasteiger charge is 2.06. The summed E-state index contributed by atoms with van der Waals surface area (Å²) in [6, 6.07) is 5.55. The minimum Gasteiger partial charge on any atom is -0.397 e. The van der Waals surface area contributed by atoms with E-state index in [9.17, 15) is 0 Å². The molecule has 90 valence electrons. The number of nitrogen functional groups attached to an aromatic ring is 1. The smallest absolute Gasteiger partial charge is 0.133 e. The number of hydrogen-bond donors (Lipinski definition) is 2. The van der Waals surface area contributed by atoms with Crippen molar-refractivity contribution in [3.05, 3.63) is 29.4 Å². The molecule has 2 rings (SSSR count). The van der Waals surface area contributed by atoms with Gasteiger partial charge in [0, 0.05) is 30.6 Å². The van der Waals surface area contributed by atoms with Gasteiger partial charge in [0.1, 0.15) is 5.82 Å². The Kier molecular flexibility index (Phi) is 3.66. The van der Waals surface area contributed by atoms with Gasteiger partial charge in [-0.25, -0.2) is 4.98 Å². The Morgan fingerprint density at radius 3 is 2.94 bits per heavy atom. The lowest BCUT2D eigenvalue weighted by atomic mass is 10.1. The molecule has 3 N–H and O–H groups in total. The summed E-state index contributed by atoms with van der Waals surface area (Å²) in [6.07, 6.45) is 1.71. The number of rotatable bonds is 4.